The van der Waals surface area contributed by atoms with Crippen LogP contribution in [-0.4, -0.2) is 53.9 Å². The van der Waals surface area contributed by atoms with Crippen molar-refractivity contribution in [2.75, 3.05) is 31.1 Å². The molecule has 1 saturated heterocycles. The van der Waals surface area contributed by atoms with Crippen molar-refractivity contribution in [3.05, 3.63) is 58.3 Å². The maximum Gasteiger partial charge on any atom is 0.252 e. The van der Waals surface area contributed by atoms with Crippen LogP contribution in [0.25, 0.3) is 10.4 Å². The third-order valence-electron chi connectivity index (χ3n) is 5.21. The summed E-state index contributed by atoms with van der Waals surface area (Å²) in [4.78, 5) is 26.1. The van der Waals surface area contributed by atoms with Gasteiger partial charge in [0.25, 0.3) is 15.6 Å². The molecule has 10 heteroatoms. The second-order valence-corrected chi connectivity index (χ2v) is 10.3. The predicted octanol–water partition coefficient (Wildman–Crippen LogP) is 2.28. The Morgan fingerprint density at radius 3 is 2.50 bits per heavy atom. The third-order valence-corrected chi connectivity index (χ3v) is 8.70. The number of aromatic amines is 1. The van der Waals surface area contributed by atoms with E-state index in [0.29, 0.717) is 48.3 Å². The average Bonchev–Trinajstić information content (AvgIpc) is 3.25. The zero-order chi connectivity index (χ0) is 21.3. The van der Waals surface area contributed by atoms with Crippen LogP contribution in [0.15, 0.2) is 45.7 Å². The molecule has 0 radical (unpaired) electrons. The van der Waals surface area contributed by atoms with E-state index in [9.17, 15) is 13.2 Å². The molecule has 0 bridgehead atoms. The highest BCUT2D eigenvalue weighted by Gasteiger charge is 2.30. The lowest BCUT2D eigenvalue weighted by Gasteiger charge is -2.33. The Labute approximate surface area is 179 Å². The number of hydrogen-bond donors (Lipinski definition) is 1. The molecule has 0 atom stereocenters. The van der Waals surface area contributed by atoms with Crippen molar-refractivity contribution < 1.29 is 8.42 Å². The Morgan fingerprint density at radius 1 is 1.13 bits per heavy atom. The van der Waals surface area contributed by atoms with Crippen LogP contribution in [0.5, 0.6) is 0 Å². The molecule has 0 saturated carbocycles. The molecule has 0 amide bonds. The number of aryl methyl sites for hydroxylation is 2. The van der Waals surface area contributed by atoms with E-state index in [1.807, 2.05) is 30.9 Å². The van der Waals surface area contributed by atoms with Gasteiger partial charge in [0.2, 0.25) is 5.95 Å². The summed E-state index contributed by atoms with van der Waals surface area (Å²) in [5.74, 6) is 0.619. The maximum absolute atomic E-state index is 13.2. The first kappa shape index (κ1) is 20.7. The number of piperazine rings is 1. The van der Waals surface area contributed by atoms with Gasteiger partial charge in [0.05, 0.1) is 0 Å². The molecule has 1 fully saturated rings. The molecule has 0 aromatic carbocycles. The molecule has 8 nitrogen and oxygen atoms in total. The highest BCUT2D eigenvalue weighted by Crippen LogP contribution is 2.34. The number of nitrogens with zero attached hydrogens (tertiary/aromatic N) is 4. The Balaban J connectivity index is 1.54. The molecule has 30 heavy (non-hydrogen) atoms. The van der Waals surface area contributed by atoms with Crippen molar-refractivity contribution >= 4 is 27.3 Å². The second kappa shape index (κ2) is 8.29. The SMILES string of the molecule is CCc1cc(-c2ccc(S(=O)(=O)N3CCN(c4ncccn4)CC3)s2)c(C)[nH]c1=O. The number of aromatic nitrogens is 3. The van der Waals surface area contributed by atoms with Gasteiger partial charge in [0.15, 0.2) is 0 Å². The number of anilines is 1. The lowest BCUT2D eigenvalue weighted by atomic mass is 10.1. The van der Waals surface area contributed by atoms with E-state index in [1.54, 1.807) is 24.5 Å². The van der Waals surface area contributed by atoms with Crippen molar-refractivity contribution in [3.63, 3.8) is 0 Å². The first-order valence-electron chi connectivity index (χ1n) is 9.75. The topological polar surface area (TPSA) is 99.3 Å². The van der Waals surface area contributed by atoms with Crippen LogP contribution in [0.1, 0.15) is 18.2 Å². The fourth-order valence-corrected chi connectivity index (χ4v) is 6.45. The van der Waals surface area contributed by atoms with Gasteiger partial charge in [0.1, 0.15) is 4.21 Å². The number of thiophene rings is 1. The summed E-state index contributed by atoms with van der Waals surface area (Å²) in [7, 11) is -3.58. The van der Waals surface area contributed by atoms with Crippen molar-refractivity contribution in [1.82, 2.24) is 19.3 Å². The molecule has 0 unspecified atom stereocenters. The van der Waals surface area contributed by atoms with Crippen LogP contribution in [0.4, 0.5) is 5.95 Å². The minimum Gasteiger partial charge on any atom is -0.338 e. The Morgan fingerprint density at radius 2 is 1.83 bits per heavy atom. The van der Waals surface area contributed by atoms with E-state index in [1.165, 1.54) is 15.6 Å². The summed E-state index contributed by atoms with van der Waals surface area (Å²) >= 11 is 1.23. The number of H-pyrrole nitrogens is 1. The second-order valence-electron chi connectivity index (χ2n) is 7.07. The summed E-state index contributed by atoms with van der Waals surface area (Å²) in [6.07, 6.45) is 3.98. The maximum atomic E-state index is 13.2. The number of rotatable bonds is 5. The zero-order valence-electron chi connectivity index (χ0n) is 16.8. The van der Waals surface area contributed by atoms with Crippen molar-refractivity contribution in [3.8, 4) is 10.4 Å². The van der Waals surface area contributed by atoms with Gasteiger partial charge in [-0.2, -0.15) is 4.31 Å². The molecule has 4 heterocycles. The minimum absolute atomic E-state index is 0.0941. The molecule has 1 aliphatic rings. The van der Waals surface area contributed by atoms with Gasteiger partial charge in [-0.05, 0) is 37.6 Å². The van der Waals surface area contributed by atoms with Gasteiger partial charge in [-0.15, -0.1) is 11.3 Å². The van der Waals surface area contributed by atoms with E-state index in [0.717, 1.165) is 16.1 Å². The van der Waals surface area contributed by atoms with Crippen LogP contribution < -0.4 is 10.5 Å². The predicted molar refractivity (Wildman–Crippen MR) is 117 cm³/mol. The summed E-state index contributed by atoms with van der Waals surface area (Å²) in [6.45, 7) is 5.60. The fourth-order valence-electron chi connectivity index (χ4n) is 3.50. The summed E-state index contributed by atoms with van der Waals surface area (Å²) < 4.78 is 28.2. The quantitative estimate of drug-likeness (QED) is 0.647. The van der Waals surface area contributed by atoms with Gasteiger partial charge in [-0.25, -0.2) is 18.4 Å². The molecule has 4 rings (SSSR count). The van der Waals surface area contributed by atoms with Crippen LogP contribution in [0, 0.1) is 6.92 Å². The molecule has 3 aromatic rings. The van der Waals surface area contributed by atoms with Crippen LogP contribution in [-0.2, 0) is 16.4 Å². The smallest absolute Gasteiger partial charge is 0.252 e. The minimum atomic E-state index is -3.58. The number of pyridine rings is 1. The van der Waals surface area contributed by atoms with Crippen molar-refractivity contribution in [2.45, 2.75) is 24.5 Å². The lowest BCUT2D eigenvalue weighted by Crippen LogP contribution is -2.49. The fraction of sp³-hybridized carbons (Fsp3) is 0.350. The zero-order valence-corrected chi connectivity index (χ0v) is 18.5. The number of sulfonamides is 1. The van der Waals surface area contributed by atoms with Gasteiger partial charge in [-0.3, -0.25) is 4.79 Å². The highest BCUT2D eigenvalue weighted by atomic mass is 32.2. The normalized spacial score (nSPS) is 15.5. The van der Waals surface area contributed by atoms with Gasteiger partial charge < -0.3 is 9.88 Å². The summed E-state index contributed by atoms with van der Waals surface area (Å²) in [5, 5.41) is 0. The average molecular weight is 446 g/mol. The molecule has 158 valence electrons. The van der Waals surface area contributed by atoms with Crippen LogP contribution in [0.3, 0.4) is 0 Å². The van der Waals surface area contributed by atoms with Gasteiger partial charge in [-0.1, -0.05) is 6.92 Å². The van der Waals surface area contributed by atoms with Crippen LogP contribution >= 0.6 is 11.3 Å². The summed E-state index contributed by atoms with van der Waals surface area (Å²) in [6, 6.07) is 7.07. The lowest BCUT2D eigenvalue weighted by molar-refractivity contribution is 0.383. The largest absolute Gasteiger partial charge is 0.338 e. The van der Waals surface area contributed by atoms with Crippen molar-refractivity contribution in [1.29, 1.82) is 0 Å². The van der Waals surface area contributed by atoms with Crippen LogP contribution in [0.2, 0.25) is 0 Å². The number of hydrogen-bond acceptors (Lipinski definition) is 7. The standard InChI is InChI=1S/C20H23N5O3S2/c1-3-15-13-16(14(2)23-19(15)26)17-5-6-18(29-17)30(27,28)25-11-9-24(10-12-25)20-21-7-4-8-22-20/h4-8,13H,3,9-12H2,1-2H3,(H,23,26). The summed E-state index contributed by atoms with van der Waals surface area (Å²) in [5.41, 5.74) is 2.19. The first-order chi connectivity index (χ1) is 14.4. The molecule has 0 spiro atoms. The van der Waals surface area contributed by atoms with E-state index in [4.69, 9.17) is 0 Å². The van der Waals surface area contributed by atoms with Gasteiger partial charge >= 0.3 is 0 Å². The van der Waals surface area contributed by atoms with Crippen molar-refractivity contribution in [2.24, 2.45) is 0 Å². The van der Waals surface area contributed by atoms with E-state index in [-0.39, 0.29) is 5.56 Å². The molecule has 3 aromatic heterocycles. The molecular weight excluding hydrogens is 422 g/mol. The van der Waals surface area contributed by atoms with E-state index < -0.39 is 10.0 Å². The monoisotopic (exact) mass is 445 g/mol. The van der Waals surface area contributed by atoms with E-state index >= 15 is 0 Å². The molecule has 1 aliphatic heterocycles. The highest BCUT2D eigenvalue weighted by molar-refractivity contribution is 7.91. The van der Waals surface area contributed by atoms with E-state index in [2.05, 4.69) is 15.0 Å². The molecule has 1 N–H and O–H groups in total. The Hall–Kier alpha value is -2.56. The Bertz CT molecular complexity index is 1200. The Kier molecular flexibility index (Phi) is 5.72. The molecular formula is C20H23N5O3S2. The van der Waals surface area contributed by atoms with Gasteiger partial charge in [0, 0.05) is 60.3 Å². The third kappa shape index (κ3) is 3.90. The molecule has 0 aliphatic carbocycles. The number of nitrogens with one attached hydrogen (secondary N) is 1. The first-order valence-corrected chi connectivity index (χ1v) is 12.0.